The molecule has 0 aromatic carbocycles. The summed E-state index contributed by atoms with van der Waals surface area (Å²) in [6.45, 7) is 4.56. The molecular weight excluding hydrogens is 270 g/mol. The molecule has 104 valence electrons. The van der Waals surface area contributed by atoms with Gasteiger partial charge in [0.15, 0.2) is 0 Å². The van der Waals surface area contributed by atoms with Crippen molar-refractivity contribution >= 4 is 16.1 Å². The van der Waals surface area contributed by atoms with Gasteiger partial charge in [-0.2, -0.15) is 0 Å². The van der Waals surface area contributed by atoms with Gasteiger partial charge in [-0.1, -0.05) is 26.7 Å². The van der Waals surface area contributed by atoms with E-state index in [2.05, 4.69) is 0 Å². The van der Waals surface area contributed by atoms with Crippen molar-refractivity contribution in [2.45, 2.75) is 39.5 Å². The Labute approximate surface area is 102 Å². The van der Waals surface area contributed by atoms with E-state index < -0.39 is 16.1 Å². The van der Waals surface area contributed by atoms with Gasteiger partial charge in [-0.3, -0.25) is 9.05 Å². The van der Waals surface area contributed by atoms with E-state index in [9.17, 15) is 4.57 Å². The Kier molecular flexibility index (Phi) is 14.4. The number of phosphoric acid groups is 1. The van der Waals surface area contributed by atoms with Crippen molar-refractivity contribution < 1.29 is 32.9 Å². The molecule has 17 heavy (non-hydrogen) atoms. The maximum Gasteiger partial charge on any atom is 0.692 e. The molecule has 7 nitrogen and oxygen atoms in total. The molecule has 0 unspecified atom stereocenters. The lowest BCUT2D eigenvalue weighted by Crippen LogP contribution is -1.98. The lowest BCUT2D eigenvalue weighted by molar-refractivity contribution is 0.146. The molecule has 0 aromatic heterocycles. The highest BCUT2D eigenvalue weighted by Gasteiger charge is 2.19. The highest BCUT2D eigenvalue weighted by molar-refractivity contribution is 7.47. The number of rotatable bonds is 8. The van der Waals surface area contributed by atoms with Crippen LogP contribution in [0.1, 0.15) is 39.5 Å². The largest absolute Gasteiger partial charge is 0.692 e. The Morgan fingerprint density at radius 2 is 1.35 bits per heavy atom. The first kappa shape index (κ1) is 19.5. The van der Waals surface area contributed by atoms with Crippen LogP contribution in [0, 0.1) is 0 Å². The van der Waals surface area contributed by atoms with Crippen molar-refractivity contribution in [1.29, 1.82) is 0 Å². The SMILES string of the molecule is CCCCOP(=O)(O)OCCCC.O=[P+](O)O. The maximum absolute atomic E-state index is 11.1. The molecule has 0 bridgehead atoms. The standard InChI is InChI=1S/C8H19O4P.HO3P/c1-3-5-7-11-13(9,10)12-8-6-4-2;1-4(2)3/h3-8H2,1-2H3,(H,9,10);(H-,1,2,3)/p+1. The summed E-state index contributed by atoms with van der Waals surface area (Å²) < 4.78 is 29.2. The molecule has 0 heterocycles. The highest BCUT2D eigenvalue weighted by Crippen LogP contribution is 2.43. The molecule has 0 amide bonds. The van der Waals surface area contributed by atoms with Crippen molar-refractivity contribution in [3.8, 4) is 0 Å². The molecular formula is C8H21O7P2+. The zero-order valence-electron chi connectivity index (χ0n) is 10.1. The predicted molar refractivity (Wildman–Crippen MR) is 63.6 cm³/mol. The smallest absolute Gasteiger partial charge is 0.302 e. The Bertz CT molecular complexity index is 216. The van der Waals surface area contributed by atoms with Crippen LogP contribution in [0.4, 0.5) is 0 Å². The van der Waals surface area contributed by atoms with E-state index in [0.29, 0.717) is 0 Å². The van der Waals surface area contributed by atoms with Crippen molar-refractivity contribution in [3.63, 3.8) is 0 Å². The monoisotopic (exact) mass is 291 g/mol. The molecule has 0 atom stereocenters. The van der Waals surface area contributed by atoms with Gasteiger partial charge >= 0.3 is 16.1 Å². The highest BCUT2D eigenvalue weighted by atomic mass is 31.2. The molecule has 0 aliphatic rings. The fourth-order valence-electron chi connectivity index (χ4n) is 0.686. The molecule has 0 fully saturated rings. The Hall–Kier alpha value is 0.130. The summed E-state index contributed by atoms with van der Waals surface area (Å²) in [5, 5.41) is 0. The first-order valence-corrected chi connectivity index (χ1v) is 7.98. The summed E-state index contributed by atoms with van der Waals surface area (Å²) in [5.74, 6) is 0. The minimum Gasteiger partial charge on any atom is -0.302 e. The van der Waals surface area contributed by atoms with Gasteiger partial charge in [-0.05, 0) is 12.8 Å². The van der Waals surface area contributed by atoms with E-state index in [1.165, 1.54) is 0 Å². The molecule has 3 N–H and O–H groups in total. The van der Waals surface area contributed by atoms with Crippen LogP contribution in [0.25, 0.3) is 0 Å². The molecule has 9 heteroatoms. The van der Waals surface area contributed by atoms with E-state index >= 15 is 0 Å². The van der Waals surface area contributed by atoms with Gasteiger partial charge < -0.3 is 4.89 Å². The summed E-state index contributed by atoms with van der Waals surface area (Å²) in [7, 11) is -6.62. The lowest BCUT2D eigenvalue weighted by Gasteiger charge is -2.10. The molecule has 0 rings (SSSR count). The summed E-state index contributed by atoms with van der Waals surface area (Å²) in [6.07, 6.45) is 3.44. The number of hydrogen-bond acceptors (Lipinski definition) is 4. The molecule has 0 saturated heterocycles. The molecule has 0 saturated carbocycles. The topological polar surface area (TPSA) is 113 Å². The third-order valence-electron chi connectivity index (χ3n) is 1.50. The predicted octanol–water partition coefficient (Wildman–Crippen LogP) is 2.35. The Balaban J connectivity index is 0. The quantitative estimate of drug-likeness (QED) is 0.464. The molecule has 0 aliphatic carbocycles. The second kappa shape index (κ2) is 12.6. The second-order valence-corrected chi connectivity index (χ2v) is 5.05. The Morgan fingerprint density at radius 1 is 1.06 bits per heavy atom. The Morgan fingerprint density at radius 3 is 1.59 bits per heavy atom. The fraction of sp³-hybridized carbons (Fsp3) is 1.00. The number of unbranched alkanes of at least 4 members (excludes halogenated alkanes) is 2. The van der Waals surface area contributed by atoms with E-state index in [-0.39, 0.29) is 13.2 Å². The fourth-order valence-corrected chi connectivity index (χ4v) is 1.48. The van der Waals surface area contributed by atoms with Crippen LogP contribution >= 0.6 is 16.1 Å². The minimum absolute atomic E-state index is 0.288. The van der Waals surface area contributed by atoms with Crippen LogP contribution in [0.3, 0.4) is 0 Å². The first-order chi connectivity index (χ1) is 7.85. The molecule has 0 aromatic rings. The van der Waals surface area contributed by atoms with Gasteiger partial charge in [-0.15, -0.1) is 9.79 Å². The van der Waals surface area contributed by atoms with Crippen molar-refractivity contribution in [3.05, 3.63) is 0 Å². The van der Waals surface area contributed by atoms with E-state index in [0.717, 1.165) is 25.7 Å². The average molecular weight is 291 g/mol. The van der Waals surface area contributed by atoms with Crippen molar-refractivity contribution in [2.24, 2.45) is 0 Å². The van der Waals surface area contributed by atoms with E-state index in [1.54, 1.807) is 0 Å². The third kappa shape index (κ3) is 21.9. The molecule has 0 spiro atoms. The average Bonchev–Trinajstić information content (AvgIpc) is 2.17. The second-order valence-electron chi connectivity index (χ2n) is 3.09. The number of hydrogen-bond donors (Lipinski definition) is 3. The summed E-state index contributed by atoms with van der Waals surface area (Å²) in [5.41, 5.74) is 0. The minimum atomic E-state index is -3.75. The van der Waals surface area contributed by atoms with Crippen LogP contribution in [-0.2, 0) is 18.2 Å². The van der Waals surface area contributed by atoms with Gasteiger partial charge in [0, 0.05) is 4.57 Å². The summed E-state index contributed by atoms with van der Waals surface area (Å²) in [6, 6.07) is 0. The van der Waals surface area contributed by atoms with Gasteiger partial charge in [-0.25, -0.2) is 4.57 Å². The number of phosphoric ester groups is 1. The van der Waals surface area contributed by atoms with E-state index in [1.807, 2.05) is 13.8 Å². The zero-order chi connectivity index (χ0) is 13.7. The molecule has 0 radical (unpaired) electrons. The van der Waals surface area contributed by atoms with Crippen LogP contribution in [-0.4, -0.2) is 27.9 Å². The van der Waals surface area contributed by atoms with Crippen molar-refractivity contribution in [2.75, 3.05) is 13.2 Å². The molecule has 0 aliphatic heterocycles. The van der Waals surface area contributed by atoms with Gasteiger partial charge in [0.1, 0.15) is 0 Å². The van der Waals surface area contributed by atoms with Crippen LogP contribution in [0.5, 0.6) is 0 Å². The summed E-state index contributed by atoms with van der Waals surface area (Å²) >= 11 is 0. The normalized spacial score (nSPS) is 10.6. The van der Waals surface area contributed by atoms with E-state index in [4.69, 9.17) is 28.3 Å². The van der Waals surface area contributed by atoms with Crippen LogP contribution < -0.4 is 0 Å². The van der Waals surface area contributed by atoms with Gasteiger partial charge in [0.2, 0.25) is 0 Å². The van der Waals surface area contributed by atoms with Crippen LogP contribution in [0.2, 0.25) is 0 Å². The third-order valence-corrected chi connectivity index (χ3v) is 2.52. The maximum atomic E-state index is 11.1. The zero-order valence-corrected chi connectivity index (χ0v) is 11.9. The van der Waals surface area contributed by atoms with Crippen LogP contribution in [0.15, 0.2) is 0 Å². The van der Waals surface area contributed by atoms with Gasteiger partial charge in [0.25, 0.3) is 0 Å². The first-order valence-electron chi connectivity index (χ1n) is 5.32. The van der Waals surface area contributed by atoms with Gasteiger partial charge in [0.05, 0.1) is 13.2 Å². The lowest BCUT2D eigenvalue weighted by atomic mass is 10.4. The van der Waals surface area contributed by atoms with Crippen molar-refractivity contribution in [1.82, 2.24) is 0 Å². The summed E-state index contributed by atoms with van der Waals surface area (Å²) in [4.78, 5) is 23.3.